The maximum absolute atomic E-state index is 13.1. The second-order valence-electron chi connectivity index (χ2n) is 4.95. The van der Waals surface area contributed by atoms with E-state index in [0.29, 0.717) is 20.1 Å². The molecule has 0 spiro atoms. The fourth-order valence-corrected chi connectivity index (χ4v) is 2.88. The predicted octanol–water partition coefficient (Wildman–Crippen LogP) is 0.529. The Bertz CT molecular complexity index is 1000. The van der Waals surface area contributed by atoms with E-state index in [4.69, 9.17) is 15.6 Å². The first-order valence-electron chi connectivity index (χ1n) is 6.99. The Balaban J connectivity index is 0.000000486. The minimum atomic E-state index is -1.03. The van der Waals surface area contributed by atoms with Gasteiger partial charge in [0, 0.05) is 14.3 Å². The molecule has 2 nitrogen and oxygen atoms in total. The van der Waals surface area contributed by atoms with Crippen molar-refractivity contribution in [2.24, 2.45) is 0 Å². The normalized spacial score (nSPS) is 9.50. The summed E-state index contributed by atoms with van der Waals surface area (Å²) in [7, 11) is 0. The zero-order chi connectivity index (χ0) is 19.4. The van der Waals surface area contributed by atoms with Crippen LogP contribution < -0.4 is 78.3 Å². The summed E-state index contributed by atoms with van der Waals surface area (Å²) < 4.78 is 62.3. The van der Waals surface area contributed by atoms with Gasteiger partial charge < -0.3 is 13.9 Å². The van der Waals surface area contributed by atoms with Crippen molar-refractivity contribution >= 4 is 42.8 Å². The Morgan fingerprint density at radius 2 is 1.64 bits per heavy atom. The summed E-state index contributed by atoms with van der Waals surface area (Å²) in [4.78, 5) is 0. The smallest absolute Gasteiger partial charge is 1.00 e. The molecule has 0 aliphatic heterocycles. The predicted molar refractivity (Wildman–Crippen MR) is 97.0 cm³/mol. The molecule has 0 aliphatic rings. The van der Waals surface area contributed by atoms with Gasteiger partial charge in [0.25, 0.3) is 0 Å². The maximum atomic E-state index is 13.1. The molecule has 0 saturated carbocycles. The molecule has 1 aromatic heterocycles. The molecule has 3 rings (SSSR count). The van der Waals surface area contributed by atoms with Crippen LogP contribution in [-0.2, 0) is 0 Å². The molecule has 0 fully saturated rings. The summed E-state index contributed by atoms with van der Waals surface area (Å²) in [5.74, 6) is -1.33. The number of fused-ring (bicyclic) bond motifs is 1. The molecule has 2 aromatic carbocycles. The molecule has 0 unspecified atom stereocenters. The van der Waals surface area contributed by atoms with Gasteiger partial charge >= 0.3 is 68.9 Å². The van der Waals surface area contributed by atoms with Gasteiger partial charge in [0.2, 0.25) is 11.6 Å². The monoisotopic (exact) mass is 644 g/mol. The molecule has 28 heavy (non-hydrogen) atoms. The van der Waals surface area contributed by atoms with Gasteiger partial charge in [0.1, 0.15) is 12.4 Å². The van der Waals surface area contributed by atoms with E-state index < -0.39 is 23.3 Å². The van der Waals surface area contributed by atoms with Crippen molar-refractivity contribution in [3.8, 4) is 18.1 Å². The van der Waals surface area contributed by atoms with Crippen molar-refractivity contribution in [3.05, 3.63) is 62.2 Å². The number of hydrogen-bond donors (Lipinski definition) is 0. The van der Waals surface area contributed by atoms with Gasteiger partial charge in [-0.1, -0.05) is 21.9 Å². The van der Waals surface area contributed by atoms with E-state index >= 15 is 0 Å². The van der Waals surface area contributed by atoms with Gasteiger partial charge in [0.15, 0.2) is 23.0 Å². The summed E-state index contributed by atoms with van der Waals surface area (Å²) in [5.41, 5.74) is -0.0376. The average molecular weight is 646 g/mol. The summed E-state index contributed by atoms with van der Waals surface area (Å²) in [6.07, 6.45) is 4.90. The van der Waals surface area contributed by atoms with Crippen LogP contribution in [0.1, 0.15) is 5.76 Å². The van der Waals surface area contributed by atoms with Crippen LogP contribution in [-0.4, -0.2) is 6.61 Å². The molecular formula is C18H10Br2CsF5O2. The first-order valence-corrected chi connectivity index (χ1v) is 8.57. The summed E-state index contributed by atoms with van der Waals surface area (Å²) in [6, 6.07) is 5.07. The van der Waals surface area contributed by atoms with E-state index in [1.807, 2.05) is 0 Å². The summed E-state index contributed by atoms with van der Waals surface area (Å²) in [5, 5.41) is 0.552. The van der Waals surface area contributed by atoms with Gasteiger partial charge in [-0.05, 0) is 47.1 Å². The minimum Gasteiger partial charge on any atom is -1.00 e. The minimum absolute atomic E-state index is 0. The number of terminal acetylenes is 1. The Morgan fingerprint density at radius 1 is 1.04 bits per heavy atom. The van der Waals surface area contributed by atoms with E-state index in [9.17, 15) is 17.6 Å². The van der Waals surface area contributed by atoms with Gasteiger partial charge in [-0.25, -0.2) is 8.78 Å². The number of halogens is 7. The van der Waals surface area contributed by atoms with Crippen LogP contribution in [0.25, 0.3) is 11.0 Å². The Morgan fingerprint density at radius 3 is 2.25 bits per heavy atom. The van der Waals surface area contributed by atoms with Crippen molar-refractivity contribution in [1.29, 1.82) is 0 Å². The third-order valence-corrected chi connectivity index (χ3v) is 4.16. The standard InChI is InChI=1S/2C9H5BrF2O.Cs.FH/c1-4-2-5-6(10)3-7(11)8(12)9(5)13-4;1-2-3-13-8-5-6(10)4-7(11)9(8)12;;/h2-3H,1H3;1,4-5H,3H2;;1H/q;;+1;/p-1. The largest absolute Gasteiger partial charge is 1.00 e. The number of aryl methyl sites for hydroxylation is 1. The van der Waals surface area contributed by atoms with Crippen molar-refractivity contribution in [2.75, 3.05) is 6.61 Å². The second-order valence-corrected chi connectivity index (χ2v) is 6.72. The van der Waals surface area contributed by atoms with Gasteiger partial charge in [-0.2, -0.15) is 8.78 Å². The fourth-order valence-electron chi connectivity index (χ4n) is 1.97. The zero-order valence-corrected chi connectivity index (χ0v) is 24.0. The summed E-state index contributed by atoms with van der Waals surface area (Å²) in [6.45, 7) is 1.59. The maximum Gasteiger partial charge on any atom is 1.00 e. The molecule has 0 atom stereocenters. The van der Waals surface area contributed by atoms with Crippen molar-refractivity contribution in [1.82, 2.24) is 0 Å². The molecular weight excluding hydrogens is 636 g/mol. The van der Waals surface area contributed by atoms with Crippen LogP contribution in [0.4, 0.5) is 17.6 Å². The topological polar surface area (TPSA) is 22.4 Å². The van der Waals surface area contributed by atoms with Crippen LogP contribution in [0.15, 0.2) is 37.6 Å². The van der Waals surface area contributed by atoms with E-state index in [2.05, 4.69) is 37.8 Å². The van der Waals surface area contributed by atoms with Gasteiger partial charge in [-0.3, -0.25) is 0 Å². The molecule has 144 valence electrons. The Kier molecular flexibility index (Phi) is 12.6. The molecule has 0 saturated heterocycles. The van der Waals surface area contributed by atoms with E-state index in [1.165, 1.54) is 6.07 Å². The third-order valence-electron chi connectivity index (χ3n) is 3.05. The van der Waals surface area contributed by atoms with Crippen LogP contribution >= 0.6 is 31.9 Å². The molecule has 10 heteroatoms. The third kappa shape index (κ3) is 7.05. The molecule has 3 aromatic rings. The molecule has 0 aliphatic carbocycles. The molecule has 0 amide bonds. The number of ether oxygens (including phenoxy) is 1. The van der Waals surface area contributed by atoms with Gasteiger partial charge in [-0.15, -0.1) is 6.42 Å². The number of rotatable bonds is 2. The summed E-state index contributed by atoms with van der Waals surface area (Å²) >= 11 is 6.13. The van der Waals surface area contributed by atoms with Crippen LogP contribution in [0.3, 0.4) is 0 Å². The number of furan rings is 1. The van der Waals surface area contributed by atoms with Crippen LogP contribution in [0.5, 0.6) is 5.75 Å². The fraction of sp³-hybridized carbons (Fsp3) is 0.111. The first-order chi connectivity index (χ1) is 12.2. The number of hydrogen-bond acceptors (Lipinski definition) is 2. The zero-order valence-electron chi connectivity index (χ0n) is 14.6. The second kappa shape index (κ2) is 12.6. The first kappa shape index (κ1) is 28.0. The van der Waals surface area contributed by atoms with Crippen molar-refractivity contribution < 1.29 is 100 Å². The van der Waals surface area contributed by atoms with Crippen molar-refractivity contribution in [3.63, 3.8) is 0 Å². The Hall–Kier alpha value is 0.00195. The van der Waals surface area contributed by atoms with E-state index in [1.54, 1.807) is 13.0 Å². The SMILES string of the molecule is C#CCOc1cc(Br)cc(F)c1F.Cc1cc2c(Br)cc(F)c(F)c2o1.[Cs+].[F-]. The molecule has 1 heterocycles. The van der Waals surface area contributed by atoms with E-state index in [-0.39, 0.29) is 91.5 Å². The average Bonchev–Trinajstić information content (AvgIpc) is 2.98. The van der Waals surface area contributed by atoms with Crippen molar-refractivity contribution in [2.45, 2.75) is 6.92 Å². The molecule has 0 bridgehead atoms. The van der Waals surface area contributed by atoms with E-state index in [0.717, 1.165) is 12.1 Å². The number of benzene rings is 2. The molecule has 0 N–H and O–H groups in total. The Labute approximate surface area is 233 Å². The van der Waals surface area contributed by atoms with Gasteiger partial charge in [0.05, 0.1) is 0 Å². The van der Waals surface area contributed by atoms with Crippen LogP contribution in [0, 0.1) is 42.5 Å². The van der Waals surface area contributed by atoms with Crippen LogP contribution in [0.2, 0.25) is 0 Å². The molecule has 0 radical (unpaired) electrons. The quantitative estimate of drug-likeness (QED) is 0.231.